The Morgan fingerprint density at radius 1 is 1.07 bits per heavy atom. The standard InChI is InChI=1S/C16H24ClN.C4H6O6/c1-12(2)11-15(18-3)16(9-4-10-16)13-5-7-14(17)8-6-13;5-1(3(7)8)2(6)4(9)10/h5-8,12,15,18H,4,9-11H2,1-3H3;1-2,5-6H,(H,7,8)(H,9,10)/t15-;/m0./s1. The number of aliphatic hydroxyl groups excluding tert-OH is 2. The Kier molecular flexibility index (Phi) is 9.36. The third kappa shape index (κ3) is 6.17. The summed E-state index contributed by atoms with van der Waals surface area (Å²) < 4.78 is 0. The van der Waals surface area contributed by atoms with E-state index in [1.54, 1.807) is 0 Å². The van der Waals surface area contributed by atoms with Crippen LogP contribution in [0.3, 0.4) is 0 Å². The van der Waals surface area contributed by atoms with Crippen molar-refractivity contribution >= 4 is 23.5 Å². The summed E-state index contributed by atoms with van der Waals surface area (Å²) >= 11 is 6.01. The van der Waals surface area contributed by atoms with E-state index >= 15 is 0 Å². The first-order valence-electron chi connectivity index (χ1n) is 9.30. The fourth-order valence-electron chi connectivity index (χ4n) is 3.54. The van der Waals surface area contributed by atoms with Gasteiger partial charge in [-0.3, -0.25) is 0 Å². The minimum absolute atomic E-state index is 0.337. The lowest BCUT2D eigenvalue weighted by Crippen LogP contribution is -2.52. The van der Waals surface area contributed by atoms with Crippen molar-refractivity contribution < 1.29 is 30.0 Å². The van der Waals surface area contributed by atoms with Gasteiger partial charge in [-0.2, -0.15) is 0 Å². The van der Waals surface area contributed by atoms with E-state index in [4.69, 9.17) is 32.0 Å². The molecule has 1 fully saturated rings. The molecule has 1 saturated carbocycles. The van der Waals surface area contributed by atoms with Crippen LogP contribution >= 0.6 is 11.6 Å². The van der Waals surface area contributed by atoms with E-state index in [-0.39, 0.29) is 0 Å². The Bertz CT molecular complexity index is 627. The third-order valence-corrected chi connectivity index (χ3v) is 5.44. The fourth-order valence-corrected chi connectivity index (χ4v) is 3.67. The number of rotatable bonds is 8. The van der Waals surface area contributed by atoms with Crippen molar-refractivity contribution in [3.63, 3.8) is 0 Å². The van der Waals surface area contributed by atoms with Gasteiger partial charge in [0.1, 0.15) is 0 Å². The van der Waals surface area contributed by atoms with Crippen LogP contribution in [0.4, 0.5) is 0 Å². The number of aliphatic hydroxyl groups is 2. The number of likely N-dealkylation sites (N-methyl/N-ethyl adjacent to an activating group) is 1. The van der Waals surface area contributed by atoms with Gasteiger partial charge in [-0.25, -0.2) is 9.59 Å². The highest BCUT2D eigenvalue weighted by molar-refractivity contribution is 6.30. The second-order valence-electron chi connectivity index (χ2n) is 7.55. The molecule has 1 aromatic carbocycles. The zero-order valence-electron chi connectivity index (χ0n) is 16.4. The molecule has 5 N–H and O–H groups in total. The van der Waals surface area contributed by atoms with Crippen LogP contribution < -0.4 is 5.32 Å². The van der Waals surface area contributed by atoms with E-state index in [0.717, 1.165) is 10.9 Å². The van der Waals surface area contributed by atoms with Gasteiger partial charge in [0.2, 0.25) is 0 Å². The van der Waals surface area contributed by atoms with Crippen LogP contribution in [0.1, 0.15) is 45.1 Å². The van der Waals surface area contributed by atoms with Crippen LogP contribution in [0.2, 0.25) is 5.02 Å². The highest BCUT2D eigenvalue weighted by Gasteiger charge is 2.44. The molecule has 0 radical (unpaired) electrons. The monoisotopic (exact) mass is 415 g/mol. The maximum atomic E-state index is 9.77. The SMILES string of the molecule is CN[C@@H](CC(C)C)C1(c2ccc(Cl)cc2)CCC1.O=C(O)C(O)C(O)C(=O)O. The Hall–Kier alpha value is -1.67. The first kappa shape index (κ1) is 24.4. The second-order valence-corrected chi connectivity index (χ2v) is 7.99. The average Bonchev–Trinajstić information content (AvgIpc) is 2.60. The van der Waals surface area contributed by atoms with Crippen molar-refractivity contribution in [1.29, 1.82) is 0 Å². The van der Waals surface area contributed by atoms with Crippen LogP contribution in [0.5, 0.6) is 0 Å². The molecule has 158 valence electrons. The molecule has 0 aromatic heterocycles. The Labute approximate surface area is 170 Å². The summed E-state index contributed by atoms with van der Waals surface area (Å²) in [5.41, 5.74) is 1.79. The molecule has 7 nitrogen and oxygen atoms in total. The second kappa shape index (κ2) is 10.8. The Balaban J connectivity index is 0.000000336. The summed E-state index contributed by atoms with van der Waals surface area (Å²) in [6.07, 6.45) is 0.646. The van der Waals surface area contributed by atoms with E-state index in [9.17, 15) is 9.59 Å². The van der Waals surface area contributed by atoms with E-state index in [1.807, 2.05) is 12.1 Å². The summed E-state index contributed by atoms with van der Waals surface area (Å²) in [7, 11) is 2.10. The van der Waals surface area contributed by atoms with E-state index in [0.29, 0.717) is 11.5 Å². The molecule has 0 amide bonds. The largest absolute Gasteiger partial charge is 0.479 e. The molecule has 0 aliphatic heterocycles. The van der Waals surface area contributed by atoms with Gasteiger partial charge in [-0.05, 0) is 49.9 Å². The van der Waals surface area contributed by atoms with Crippen LogP contribution in [0.25, 0.3) is 0 Å². The Morgan fingerprint density at radius 3 is 1.82 bits per heavy atom. The number of nitrogens with one attached hydrogen (secondary N) is 1. The van der Waals surface area contributed by atoms with Crippen LogP contribution in [0, 0.1) is 5.92 Å². The van der Waals surface area contributed by atoms with Crippen molar-refractivity contribution in [2.45, 2.75) is 63.2 Å². The van der Waals surface area contributed by atoms with Crippen molar-refractivity contribution in [3.05, 3.63) is 34.9 Å². The molecule has 1 aliphatic carbocycles. The highest BCUT2D eigenvalue weighted by atomic mass is 35.5. The number of benzene rings is 1. The van der Waals surface area contributed by atoms with Gasteiger partial charge in [0.25, 0.3) is 0 Å². The Morgan fingerprint density at radius 2 is 1.54 bits per heavy atom. The normalized spacial score (nSPS) is 18.2. The lowest BCUT2D eigenvalue weighted by atomic mass is 9.59. The van der Waals surface area contributed by atoms with Crippen molar-refractivity contribution in [2.24, 2.45) is 5.92 Å². The predicted octanol–water partition coefficient (Wildman–Crippen LogP) is 2.27. The van der Waals surface area contributed by atoms with Gasteiger partial charge in [0.15, 0.2) is 12.2 Å². The maximum Gasteiger partial charge on any atom is 0.335 e. The molecule has 2 unspecified atom stereocenters. The number of aliphatic carboxylic acids is 2. The van der Waals surface area contributed by atoms with E-state index in [1.165, 1.54) is 31.2 Å². The smallest absolute Gasteiger partial charge is 0.335 e. The molecule has 3 atom stereocenters. The number of carboxylic acids is 2. The number of hydrogen-bond donors (Lipinski definition) is 5. The van der Waals surface area contributed by atoms with Gasteiger partial charge in [0.05, 0.1) is 0 Å². The highest BCUT2D eigenvalue weighted by Crippen LogP contribution is 2.48. The molecule has 1 aliphatic rings. The van der Waals surface area contributed by atoms with Gasteiger partial charge in [-0.15, -0.1) is 0 Å². The predicted molar refractivity (Wildman–Crippen MR) is 107 cm³/mol. The minimum Gasteiger partial charge on any atom is -0.479 e. The number of halogens is 1. The minimum atomic E-state index is -2.27. The number of carboxylic acid groups (broad SMARTS) is 2. The van der Waals surface area contributed by atoms with E-state index in [2.05, 4.69) is 38.3 Å². The average molecular weight is 416 g/mol. The summed E-state index contributed by atoms with van der Waals surface area (Å²) in [5.74, 6) is -2.81. The van der Waals surface area contributed by atoms with Crippen LogP contribution in [-0.2, 0) is 15.0 Å². The van der Waals surface area contributed by atoms with Crippen molar-refractivity contribution in [2.75, 3.05) is 7.05 Å². The topological polar surface area (TPSA) is 127 Å². The molecule has 28 heavy (non-hydrogen) atoms. The quantitative estimate of drug-likeness (QED) is 0.440. The fraction of sp³-hybridized carbons (Fsp3) is 0.600. The molecule has 0 saturated heterocycles. The van der Waals surface area contributed by atoms with E-state index < -0.39 is 24.1 Å². The summed E-state index contributed by atoms with van der Waals surface area (Å²) in [6, 6.07) is 9.06. The lowest BCUT2D eigenvalue weighted by Gasteiger charge is -2.49. The molecule has 0 heterocycles. The van der Waals surface area contributed by atoms with Gasteiger partial charge in [-0.1, -0.05) is 44.0 Å². The molecule has 2 rings (SSSR count). The summed E-state index contributed by atoms with van der Waals surface area (Å²) in [5, 5.41) is 36.9. The van der Waals surface area contributed by atoms with Gasteiger partial charge < -0.3 is 25.7 Å². The third-order valence-electron chi connectivity index (χ3n) is 5.19. The number of carbonyl (C=O) groups is 2. The zero-order valence-corrected chi connectivity index (χ0v) is 17.2. The maximum absolute atomic E-state index is 9.77. The molecular formula is C20H30ClNO6. The zero-order chi connectivity index (χ0) is 21.5. The summed E-state index contributed by atoms with van der Waals surface area (Å²) in [6.45, 7) is 4.61. The molecule has 0 bridgehead atoms. The molecule has 8 heteroatoms. The molecular weight excluding hydrogens is 386 g/mol. The van der Waals surface area contributed by atoms with Crippen LogP contribution in [-0.4, -0.2) is 57.7 Å². The lowest BCUT2D eigenvalue weighted by molar-refractivity contribution is -0.165. The summed E-state index contributed by atoms with van der Waals surface area (Å²) in [4.78, 5) is 19.5. The van der Waals surface area contributed by atoms with Crippen molar-refractivity contribution in [1.82, 2.24) is 5.32 Å². The first-order valence-corrected chi connectivity index (χ1v) is 9.68. The number of hydrogen-bond acceptors (Lipinski definition) is 5. The first-order chi connectivity index (χ1) is 13.0. The molecule has 1 aromatic rings. The van der Waals surface area contributed by atoms with Crippen LogP contribution in [0.15, 0.2) is 24.3 Å². The van der Waals surface area contributed by atoms with Gasteiger partial charge >= 0.3 is 11.9 Å². The van der Waals surface area contributed by atoms with Gasteiger partial charge in [0, 0.05) is 16.5 Å². The van der Waals surface area contributed by atoms with Crippen molar-refractivity contribution in [3.8, 4) is 0 Å². The molecule has 0 spiro atoms.